The van der Waals surface area contributed by atoms with E-state index in [4.69, 9.17) is 10.1 Å². The molecule has 0 unspecified atom stereocenters. The number of rotatable bonds is 2. The Balaban J connectivity index is 2.27. The quantitative estimate of drug-likeness (QED) is 0.874. The predicted molar refractivity (Wildman–Crippen MR) is 81.1 cm³/mol. The van der Waals surface area contributed by atoms with Crippen LogP contribution in [0.25, 0.3) is 0 Å². The molecular formula is C18H19NO. The fourth-order valence-electron chi connectivity index (χ4n) is 3.30. The highest BCUT2D eigenvalue weighted by Gasteiger charge is 2.53. The lowest BCUT2D eigenvalue weighted by atomic mass is 9.66. The second-order valence-corrected chi connectivity index (χ2v) is 5.48. The standard InChI is InChI=1S/C18H19NO/c1-13-14(2)20-17(19)18(13,15-9-5-3-6-10-15)16-11-7-4-8-12-16/h3-14,19H,1-2H3/t13-,14-/m1/s1. The van der Waals surface area contributed by atoms with Gasteiger partial charge in [-0.2, -0.15) is 0 Å². The first-order chi connectivity index (χ1) is 9.67. The van der Waals surface area contributed by atoms with Gasteiger partial charge in [-0.05, 0) is 18.1 Å². The third kappa shape index (κ3) is 1.68. The van der Waals surface area contributed by atoms with Crippen LogP contribution in [0.1, 0.15) is 25.0 Å². The van der Waals surface area contributed by atoms with Gasteiger partial charge in [0.05, 0.1) is 0 Å². The minimum atomic E-state index is -0.470. The summed E-state index contributed by atoms with van der Waals surface area (Å²) in [6.45, 7) is 4.22. The molecule has 2 nitrogen and oxygen atoms in total. The zero-order valence-corrected chi connectivity index (χ0v) is 11.8. The van der Waals surface area contributed by atoms with Gasteiger partial charge in [-0.1, -0.05) is 67.6 Å². The molecule has 1 aliphatic heterocycles. The van der Waals surface area contributed by atoms with Crippen molar-refractivity contribution >= 4 is 5.90 Å². The predicted octanol–water partition coefficient (Wildman–Crippen LogP) is 4.00. The fourth-order valence-corrected chi connectivity index (χ4v) is 3.30. The Morgan fingerprint density at radius 1 is 0.850 bits per heavy atom. The van der Waals surface area contributed by atoms with Crippen molar-refractivity contribution in [3.8, 4) is 0 Å². The summed E-state index contributed by atoms with van der Waals surface area (Å²) in [5.41, 5.74) is 1.79. The molecule has 20 heavy (non-hydrogen) atoms. The van der Waals surface area contributed by atoms with Crippen molar-refractivity contribution in [1.82, 2.24) is 0 Å². The number of ether oxygens (including phenoxy) is 1. The van der Waals surface area contributed by atoms with Gasteiger partial charge >= 0.3 is 0 Å². The van der Waals surface area contributed by atoms with E-state index < -0.39 is 5.41 Å². The van der Waals surface area contributed by atoms with Gasteiger partial charge in [0, 0.05) is 5.92 Å². The van der Waals surface area contributed by atoms with Gasteiger partial charge in [0.2, 0.25) is 0 Å². The van der Waals surface area contributed by atoms with E-state index in [1.165, 1.54) is 0 Å². The van der Waals surface area contributed by atoms with Gasteiger partial charge in [0.1, 0.15) is 11.5 Å². The lowest BCUT2D eigenvalue weighted by Gasteiger charge is -2.32. The minimum Gasteiger partial charge on any atom is -0.477 e. The van der Waals surface area contributed by atoms with Crippen LogP contribution in [0.2, 0.25) is 0 Å². The number of hydrogen-bond acceptors (Lipinski definition) is 2. The van der Waals surface area contributed by atoms with E-state index in [1.807, 2.05) is 43.3 Å². The summed E-state index contributed by atoms with van der Waals surface area (Å²) in [7, 11) is 0. The van der Waals surface area contributed by atoms with Gasteiger partial charge < -0.3 is 4.74 Å². The molecule has 1 heterocycles. The summed E-state index contributed by atoms with van der Waals surface area (Å²) < 4.78 is 5.78. The molecule has 1 N–H and O–H groups in total. The molecule has 0 amide bonds. The Hall–Kier alpha value is -2.09. The van der Waals surface area contributed by atoms with Crippen LogP contribution in [0.15, 0.2) is 60.7 Å². The van der Waals surface area contributed by atoms with E-state index in [1.54, 1.807) is 0 Å². The Kier molecular flexibility index (Phi) is 3.09. The maximum absolute atomic E-state index is 8.47. The summed E-state index contributed by atoms with van der Waals surface area (Å²) in [6, 6.07) is 20.5. The van der Waals surface area contributed by atoms with Crippen LogP contribution in [-0.2, 0) is 10.2 Å². The fraction of sp³-hybridized carbons (Fsp3) is 0.278. The van der Waals surface area contributed by atoms with Crippen molar-refractivity contribution in [3.63, 3.8) is 0 Å². The molecule has 1 aliphatic rings. The summed E-state index contributed by atoms with van der Waals surface area (Å²) in [6.07, 6.45) is 0.0444. The van der Waals surface area contributed by atoms with Gasteiger partial charge in [0.25, 0.3) is 0 Å². The monoisotopic (exact) mass is 265 g/mol. The van der Waals surface area contributed by atoms with Crippen molar-refractivity contribution < 1.29 is 4.74 Å². The Morgan fingerprint density at radius 2 is 1.30 bits per heavy atom. The number of benzene rings is 2. The van der Waals surface area contributed by atoms with Crippen molar-refractivity contribution in [2.24, 2.45) is 5.92 Å². The van der Waals surface area contributed by atoms with E-state index in [0.717, 1.165) is 11.1 Å². The highest BCUT2D eigenvalue weighted by molar-refractivity contribution is 5.92. The smallest absolute Gasteiger partial charge is 0.196 e. The van der Waals surface area contributed by atoms with Crippen molar-refractivity contribution in [3.05, 3.63) is 71.8 Å². The third-order valence-corrected chi connectivity index (χ3v) is 4.51. The van der Waals surface area contributed by atoms with E-state index in [-0.39, 0.29) is 12.0 Å². The maximum atomic E-state index is 8.47. The average Bonchev–Trinajstić information content (AvgIpc) is 2.72. The molecule has 2 atom stereocenters. The normalized spacial score (nSPS) is 24.4. The maximum Gasteiger partial charge on any atom is 0.196 e. The molecule has 1 saturated heterocycles. The molecule has 3 rings (SSSR count). The second kappa shape index (κ2) is 4.78. The van der Waals surface area contributed by atoms with Crippen molar-refractivity contribution in [2.75, 3.05) is 0 Å². The van der Waals surface area contributed by atoms with Crippen LogP contribution in [0.5, 0.6) is 0 Å². The highest BCUT2D eigenvalue weighted by atomic mass is 16.5. The van der Waals surface area contributed by atoms with Crippen LogP contribution in [0.3, 0.4) is 0 Å². The van der Waals surface area contributed by atoms with Crippen molar-refractivity contribution in [1.29, 1.82) is 5.41 Å². The van der Waals surface area contributed by atoms with Crippen LogP contribution in [0.4, 0.5) is 0 Å². The molecule has 0 saturated carbocycles. The summed E-state index contributed by atoms with van der Waals surface area (Å²) in [5.74, 6) is 0.578. The molecule has 2 aromatic rings. The lowest BCUT2D eigenvalue weighted by molar-refractivity contribution is 0.194. The van der Waals surface area contributed by atoms with Gasteiger partial charge in [-0.3, -0.25) is 5.41 Å². The van der Waals surface area contributed by atoms with Crippen molar-refractivity contribution in [2.45, 2.75) is 25.4 Å². The first-order valence-electron chi connectivity index (χ1n) is 7.04. The first-order valence-corrected chi connectivity index (χ1v) is 7.04. The highest BCUT2D eigenvalue weighted by Crippen LogP contribution is 2.47. The lowest BCUT2D eigenvalue weighted by Crippen LogP contribution is -2.38. The SMILES string of the molecule is C[C@@H]1[C@@H](C)OC(=N)C1(c1ccccc1)c1ccccc1. The third-order valence-electron chi connectivity index (χ3n) is 4.51. The van der Waals surface area contributed by atoms with Gasteiger partial charge in [-0.25, -0.2) is 0 Å². The Labute approximate surface area is 119 Å². The van der Waals surface area contributed by atoms with E-state index in [0.29, 0.717) is 5.90 Å². The Morgan fingerprint density at radius 3 is 1.65 bits per heavy atom. The molecule has 1 fully saturated rings. The van der Waals surface area contributed by atoms with Crippen LogP contribution < -0.4 is 0 Å². The summed E-state index contributed by atoms with van der Waals surface area (Å²) in [4.78, 5) is 0. The number of hydrogen-bond donors (Lipinski definition) is 1. The molecule has 0 aliphatic carbocycles. The Bertz CT molecular complexity index is 566. The van der Waals surface area contributed by atoms with Crippen LogP contribution in [0, 0.1) is 11.3 Å². The zero-order valence-electron chi connectivity index (χ0n) is 11.8. The first kappa shape index (κ1) is 12.9. The molecule has 0 spiro atoms. The summed E-state index contributed by atoms with van der Waals surface area (Å²) >= 11 is 0. The average molecular weight is 265 g/mol. The molecule has 0 aromatic heterocycles. The number of nitrogens with one attached hydrogen (secondary N) is 1. The molecule has 102 valence electrons. The van der Waals surface area contributed by atoms with E-state index in [9.17, 15) is 0 Å². The molecular weight excluding hydrogens is 246 g/mol. The van der Waals surface area contributed by atoms with E-state index in [2.05, 4.69) is 31.2 Å². The minimum absolute atomic E-state index is 0.0444. The second-order valence-electron chi connectivity index (χ2n) is 5.48. The molecule has 2 aromatic carbocycles. The van der Waals surface area contributed by atoms with Crippen LogP contribution >= 0.6 is 0 Å². The zero-order chi connectivity index (χ0) is 14.2. The van der Waals surface area contributed by atoms with Crippen LogP contribution in [-0.4, -0.2) is 12.0 Å². The summed E-state index contributed by atoms with van der Waals surface area (Å²) in [5, 5.41) is 8.47. The van der Waals surface area contributed by atoms with Gasteiger partial charge in [-0.15, -0.1) is 0 Å². The van der Waals surface area contributed by atoms with Gasteiger partial charge in [0.15, 0.2) is 5.90 Å². The topological polar surface area (TPSA) is 33.1 Å². The molecule has 0 bridgehead atoms. The molecule has 2 heteroatoms. The largest absolute Gasteiger partial charge is 0.477 e. The van der Waals surface area contributed by atoms with E-state index >= 15 is 0 Å². The molecule has 0 radical (unpaired) electrons.